The zero-order valence-electron chi connectivity index (χ0n) is 19.4. The molecule has 2 aromatic rings. The van der Waals surface area contributed by atoms with Crippen molar-refractivity contribution >= 4 is 34.8 Å². The molecule has 0 unspecified atom stereocenters. The topological polar surface area (TPSA) is 99.3 Å². The molecule has 0 spiro atoms. The number of hydrogen-bond donors (Lipinski definition) is 4. The Morgan fingerprint density at radius 2 is 1.44 bits per heavy atom. The number of amides is 3. The van der Waals surface area contributed by atoms with E-state index in [9.17, 15) is 14.4 Å². The molecule has 0 radical (unpaired) electrons. The third-order valence-electron chi connectivity index (χ3n) is 4.53. The van der Waals surface area contributed by atoms with Crippen molar-refractivity contribution in [1.82, 2.24) is 5.32 Å². The average Bonchev–Trinajstić information content (AvgIpc) is 2.72. The quantitative estimate of drug-likeness (QED) is 0.401. The minimum absolute atomic E-state index is 0.0248. The SMILES string of the molecule is CCCCCC(=O)Nc1cccc(NC(=O)CNc2ccc(C(=O)NC(C)(C)C)cc2)c1. The zero-order chi connectivity index (χ0) is 23.6. The first-order valence-corrected chi connectivity index (χ1v) is 11.0. The van der Waals surface area contributed by atoms with Gasteiger partial charge in [0.1, 0.15) is 0 Å². The van der Waals surface area contributed by atoms with E-state index in [0.29, 0.717) is 23.4 Å². The summed E-state index contributed by atoms with van der Waals surface area (Å²) >= 11 is 0. The van der Waals surface area contributed by atoms with Crippen LogP contribution in [0.15, 0.2) is 48.5 Å². The van der Waals surface area contributed by atoms with Crippen molar-refractivity contribution in [2.24, 2.45) is 0 Å². The van der Waals surface area contributed by atoms with Crippen LogP contribution in [-0.2, 0) is 9.59 Å². The predicted molar refractivity (Wildman–Crippen MR) is 130 cm³/mol. The summed E-state index contributed by atoms with van der Waals surface area (Å²) in [6.45, 7) is 7.95. The molecule has 7 heteroatoms. The summed E-state index contributed by atoms with van der Waals surface area (Å²) in [5, 5.41) is 11.6. The first-order chi connectivity index (χ1) is 15.2. The standard InChI is InChI=1S/C25H34N4O3/c1-5-6-7-11-22(30)27-20-9-8-10-21(16-20)28-23(31)17-26-19-14-12-18(13-15-19)24(32)29-25(2,3)4/h8-10,12-16,26H,5-7,11,17H2,1-4H3,(H,27,30)(H,28,31)(H,29,32). The fraction of sp³-hybridized carbons (Fsp3) is 0.400. The molecule has 2 rings (SSSR count). The van der Waals surface area contributed by atoms with Gasteiger partial charge in [0, 0.05) is 34.6 Å². The van der Waals surface area contributed by atoms with Crippen LogP contribution in [0, 0.1) is 0 Å². The van der Waals surface area contributed by atoms with Gasteiger partial charge in [-0.05, 0) is 69.7 Å². The number of unbranched alkanes of at least 4 members (excludes halogenated alkanes) is 2. The molecule has 0 aromatic heterocycles. The lowest BCUT2D eigenvalue weighted by Gasteiger charge is -2.20. The van der Waals surface area contributed by atoms with Gasteiger partial charge in [-0.2, -0.15) is 0 Å². The summed E-state index contributed by atoms with van der Waals surface area (Å²) < 4.78 is 0. The van der Waals surface area contributed by atoms with Crippen LogP contribution in [-0.4, -0.2) is 29.8 Å². The molecule has 3 amide bonds. The normalized spacial score (nSPS) is 10.9. The van der Waals surface area contributed by atoms with E-state index in [4.69, 9.17) is 0 Å². The summed E-state index contributed by atoms with van der Waals surface area (Å²) in [5.41, 5.74) is 2.25. The molecule has 0 aliphatic heterocycles. The highest BCUT2D eigenvalue weighted by atomic mass is 16.2. The van der Waals surface area contributed by atoms with Crippen LogP contribution in [0.2, 0.25) is 0 Å². The van der Waals surface area contributed by atoms with Gasteiger partial charge in [-0.3, -0.25) is 14.4 Å². The molecule has 172 valence electrons. The fourth-order valence-corrected chi connectivity index (χ4v) is 2.97. The lowest BCUT2D eigenvalue weighted by Crippen LogP contribution is -2.40. The molecule has 7 nitrogen and oxygen atoms in total. The van der Waals surface area contributed by atoms with Gasteiger partial charge >= 0.3 is 0 Å². The third-order valence-corrected chi connectivity index (χ3v) is 4.53. The second-order valence-electron chi connectivity index (χ2n) is 8.77. The van der Waals surface area contributed by atoms with Gasteiger partial charge in [0.15, 0.2) is 0 Å². The lowest BCUT2D eigenvalue weighted by molar-refractivity contribution is -0.116. The zero-order valence-corrected chi connectivity index (χ0v) is 19.4. The van der Waals surface area contributed by atoms with Crippen molar-refractivity contribution in [3.63, 3.8) is 0 Å². The van der Waals surface area contributed by atoms with Gasteiger partial charge in [-0.15, -0.1) is 0 Å². The Hall–Kier alpha value is -3.35. The third kappa shape index (κ3) is 9.20. The first kappa shape index (κ1) is 24.9. The summed E-state index contributed by atoms with van der Waals surface area (Å²) in [5.74, 6) is -0.381. The number of nitrogens with one attached hydrogen (secondary N) is 4. The smallest absolute Gasteiger partial charge is 0.251 e. The van der Waals surface area contributed by atoms with E-state index in [1.54, 1.807) is 48.5 Å². The van der Waals surface area contributed by atoms with Gasteiger partial charge in [0.2, 0.25) is 11.8 Å². The van der Waals surface area contributed by atoms with Crippen LogP contribution < -0.4 is 21.3 Å². The van der Waals surface area contributed by atoms with Crippen molar-refractivity contribution in [3.8, 4) is 0 Å². The predicted octanol–water partition coefficient (Wildman–Crippen LogP) is 4.78. The van der Waals surface area contributed by atoms with Crippen molar-refractivity contribution in [1.29, 1.82) is 0 Å². The summed E-state index contributed by atoms with van der Waals surface area (Å²) in [6.07, 6.45) is 3.46. The second kappa shape index (κ2) is 11.9. The molecule has 32 heavy (non-hydrogen) atoms. The van der Waals surface area contributed by atoms with Crippen LogP contribution in [0.4, 0.5) is 17.1 Å². The monoisotopic (exact) mass is 438 g/mol. The fourth-order valence-electron chi connectivity index (χ4n) is 2.97. The highest BCUT2D eigenvalue weighted by Gasteiger charge is 2.15. The largest absolute Gasteiger partial charge is 0.376 e. The van der Waals surface area contributed by atoms with Gasteiger partial charge < -0.3 is 21.3 Å². The molecule has 0 aliphatic carbocycles. The Morgan fingerprint density at radius 1 is 0.812 bits per heavy atom. The van der Waals surface area contributed by atoms with Crippen LogP contribution in [0.25, 0.3) is 0 Å². The average molecular weight is 439 g/mol. The summed E-state index contributed by atoms with van der Waals surface area (Å²) in [6, 6.07) is 14.0. The van der Waals surface area contributed by atoms with Crippen LogP contribution in [0.1, 0.15) is 63.7 Å². The number of hydrogen-bond acceptors (Lipinski definition) is 4. The van der Waals surface area contributed by atoms with E-state index in [-0.39, 0.29) is 29.8 Å². The summed E-state index contributed by atoms with van der Waals surface area (Å²) in [4.78, 5) is 36.5. The maximum Gasteiger partial charge on any atom is 0.251 e. The molecule has 2 aromatic carbocycles. The Kier molecular flexibility index (Phi) is 9.25. The number of anilines is 3. The molecular formula is C25H34N4O3. The van der Waals surface area contributed by atoms with E-state index in [1.807, 2.05) is 20.8 Å². The van der Waals surface area contributed by atoms with Crippen LogP contribution in [0.5, 0.6) is 0 Å². The molecule has 0 saturated heterocycles. The van der Waals surface area contributed by atoms with Gasteiger partial charge in [-0.1, -0.05) is 25.8 Å². The van der Waals surface area contributed by atoms with Crippen molar-refractivity contribution in [2.45, 2.75) is 58.9 Å². The minimum Gasteiger partial charge on any atom is -0.376 e. The number of benzene rings is 2. The Balaban J connectivity index is 1.83. The maximum atomic E-state index is 12.3. The molecule has 0 bridgehead atoms. The molecule has 0 heterocycles. The van der Waals surface area contributed by atoms with E-state index < -0.39 is 0 Å². The Labute approximate surface area is 190 Å². The number of rotatable bonds is 10. The van der Waals surface area contributed by atoms with Gasteiger partial charge in [0.05, 0.1) is 6.54 Å². The van der Waals surface area contributed by atoms with E-state index in [2.05, 4.69) is 28.2 Å². The van der Waals surface area contributed by atoms with Gasteiger partial charge in [0.25, 0.3) is 5.91 Å². The van der Waals surface area contributed by atoms with Crippen molar-refractivity contribution < 1.29 is 14.4 Å². The Bertz CT molecular complexity index is 918. The van der Waals surface area contributed by atoms with Crippen molar-refractivity contribution in [2.75, 3.05) is 22.5 Å². The molecule has 0 atom stereocenters. The molecular weight excluding hydrogens is 404 g/mol. The maximum absolute atomic E-state index is 12.3. The van der Waals surface area contributed by atoms with Gasteiger partial charge in [-0.25, -0.2) is 0 Å². The van der Waals surface area contributed by atoms with E-state index in [1.165, 1.54) is 0 Å². The molecule has 0 aliphatic rings. The number of carbonyl (C=O) groups is 3. The second-order valence-corrected chi connectivity index (χ2v) is 8.77. The van der Waals surface area contributed by atoms with E-state index in [0.717, 1.165) is 24.9 Å². The lowest BCUT2D eigenvalue weighted by atomic mass is 10.1. The van der Waals surface area contributed by atoms with Crippen molar-refractivity contribution in [3.05, 3.63) is 54.1 Å². The highest BCUT2D eigenvalue weighted by molar-refractivity contribution is 5.96. The molecule has 0 fully saturated rings. The highest BCUT2D eigenvalue weighted by Crippen LogP contribution is 2.16. The summed E-state index contributed by atoms with van der Waals surface area (Å²) in [7, 11) is 0. The first-order valence-electron chi connectivity index (χ1n) is 11.0. The molecule has 0 saturated carbocycles. The van der Waals surface area contributed by atoms with Crippen LogP contribution in [0.3, 0.4) is 0 Å². The Morgan fingerprint density at radius 3 is 2.03 bits per heavy atom. The minimum atomic E-state index is -0.304. The van der Waals surface area contributed by atoms with E-state index >= 15 is 0 Å². The number of carbonyl (C=O) groups excluding carboxylic acids is 3. The van der Waals surface area contributed by atoms with Crippen LogP contribution >= 0.6 is 0 Å². The molecule has 4 N–H and O–H groups in total.